The van der Waals surface area contributed by atoms with Crippen LogP contribution in [0, 0.1) is 29.1 Å². The summed E-state index contributed by atoms with van der Waals surface area (Å²) < 4.78 is 0. The van der Waals surface area contributed by atoms with Gasteiger partial charge < -0.3 is 15.5 Å². The molecule has 4 atom stereocenters. The van der Waals surface area contributed by atoms with Crippen LogP contribution in [0.5, 0.6) is 0 Å². The second-order valence-electron chi connectivity index (χ2n) is 16.9. The second kappa shape index (κ2) is 20.1. The summed E-state index contributed by atoms with van der Waals surface area (Å²) in [5.74, 6) is -1.73. The van der Waals surface area contributed by atoms with E-state index in [9.17, 15) is 24.0 Å². The summed E-state index contributed by atoms with van der Waals surface area (Å²) >= 11 is 0. The van der Waals surface area contributed by atoms with Crippen molar-refractivity contribution < 1.29 is 24.0 Å². The van der Waals surface area contributed by atoms with Gasteiger partial charge in [-0.25, -0.2) is 0 Å². The predicted molar refractivity (Wildman–Crippen MR) is 210 cm³/mol. The molecular weight excluding hydrogens is 665 g/mol. The minimum atomic E-state index is -0.806. The third-order valence-electron chi connectivity index (χ3n) is 11.0. The van der Waals surface area contributed by atoms with Crippen molar-refractivity contribution in [3.8, 4) is 0 Å². The number of Topliss-reactive ketones (excluding diaryl/α,β-unsaturated/α-hetero) is 3. The fourth-order valence-electron chi connectivity index (χ4n) is 7.33. The zero-order valence-corrected chi connectivity index (χ0v) is 33.1. The topological polar surface area (TPSA) is 116 Å². The van der Waals surface area contributed by atoms with Crippen molar-refractivity contribution in [3.05, 3.63) is 71.8 Å². The average molecular weight is 729 g/mol. The molecule has 2 fully saturated rings. The Kier molecular flexibility index (Phi) is 16.0. The van der Waals surface area contributed by atoms with E-state index in [1.165, 1.54) is 0 Å². The molecule has 2 aliphatic rings. The molecule has 2 amide bonds. The first-order valence-corrected chi connectivity index (χ1v) is 19.9. The molecule has 1 saturated heterocycles. The molecule has 2 N–H and O–H groups in total. The minimum Gasteiger partial charge on any atom is -0.346 e. The lowest BCUT2D eigenvalue weighted by molar-refractivity contribution is -0.135. The Hall–Kier alpha value is -3.69. The number of hydrogen-bond donors (Lipinski definition) is 2. The minimum absolute atomic E-state index is 0.0275. The summed E-state index contributed by atoms with van der Waals surface area (Å²) in [6.07, 6.45) is 4.09. The maximum atomic E-state index is 14.3. The van der Waals surface area contributed by atoms with E-state index in [-0.39, 0.29) is 53.8 Å². The summed E-state index contributed by atoms with van der Waals surface area (Å²) in [4.78, 5) is 73.8. The number of hydrogen-bond acceptors (Lipinski definition) is 7. The summed E-state index contributed by atoms with van der Waals surface area (Å²) in [6, 6.07) is 18.1. The summed E-state index contributed by atoms with van der Waals surface area (Å²) in [6.45, 7) is 13.8. The zero-order chi connectivity index (χ0) is 38.5. The molecule has 9 heteroatoms. The summed E-state index contributed by atoms with van der Waals surface area (Å²) in [5, 5.41) is 6.15. The molecule has 4 rings (SSSR count). The van der Waals surface area contributed by atoms with Crippen LogP contribution in [0.1, 0.15) is 90.7 Å². The van der Waals surface area contributed by atoms with E-state index in [2.05, 4.69) is 27.5 Å². The Balaban J connectivity index is 1.51. The number of benzene rings is 2. The van der Waals surface area contributed by atoms with Gasteiger partial charge in [0.15, 0.2) is 11.6 Å². The van der Waals surface area contributed by atoms with Crippen LogP contribution in [0.4, 0.5) is 0 Å². The fraction of sp³-hybridized carbons (Fsp3) is 0.614. The molecule has 2 aromatic carbocycles. The van der Waals surface area contributed by atoms with E-state index in [1.54, 1.807) is 0 Å². The monoisotopic (exact) mass is 728 g/mol. The van der Waals surface area contributed by atoms with Gasteiger partial charge in [-0.1, -0.05) is 95.3 Å². The van der Waals surface area contributed by atoms with Crippen molar-refractivity contribution in [1.29, 1.82) is 0 Å². The van der Waals surface area contributed by atoms with E-state index in [0.29, 0.717) is 38.6 Å². The normalized spacial score (nSPS) is 18.2. The van der Waals surface area contributed by atoms with Crippen molar-refractivity contribution in [2.45, 2.75) is 104 Å². The first kappa shape index (κ1) is 42.1. The molecule has 290 valence electrons. The van der Waals surface area contributed by atoms with Crippen LogP contribution in [0.3, 0.4) is 0 Å². The van der Waals surface area contributed by atoms with Crippen molar-refractivity contribution in [2.75, 3.05) is 39.8 Å². The van der Waals surface area contributed by atoms with E-state index < -0.39 is 29.3 Å². The Morgan fingerprint density at radius 1 is 0.698 bits per heavy atom. The molecule has 2 aromatic rings. The molecule has 0 aromatic heterocycles. The van der Waals surface area contributed by atoms with Gasteiger partial charge in [-0.15, -0.1) is 0 Å². The molecule has 0 spiro atoms. The molecule has 1 aliphatic carbocycles. The highest BCUT2D eigenvalue weighted by molar-refractivity contribution is 5.97. The third kappa shape index (κ3) is 13.9. The summed E-state index contributed by atoms with van der Waals surface area (Å²) in [5.41, 5.74) is 1.62. The highest BCUT2D eigenvalue weighted by atomic mass is 16.2. The van der Waals surface area contributed by atoms with Gasteiger partial charge in [-0.05, 0) is 75.0 Å². The van der Waals surface area contributed by atoms with Gasteiger partial charge in [0, 0.05) is 56.3 Å². The number of amides is 2. The lowest BCUT2D eigenvalue weighted by Gasteiger charge is -2.32. The lowest BCUT2D eigenvalue weighted by atomic mass is 9.87. The van der Waals surface area contributed by atoms with Crippen LogP contribution in [0.2, 0.25) is 0 Å². The van der Waals surface area contributed by atoms with Gasteiger partial charge in [0.05, 0.1) is 18.6 Å². The number of nitrogens with one attached hydrogen (secondary N) is 2. The van der Waals surface area contributed by atoms with E-state index in [0.717, 1.165) is 50.1 Å². The second-order valence-corrected chi connectivity index (χ2v) is 16.9. The number of aryl methyl sites for hydroxylation is 1. The maximum Gasteiger partial charge on any atom is 0.224 e. The van der Waals surface area contributed by atoms with Gasteiger partial charge in [0.25, 0.3) is 0 Å². The number of carbonyl (C=O) groups is 5. The van der Waals surface area contributed by atoms with Gasteiger partial charge in [-0.2, -0.15) is 0 Å². The molecule has 0 radical (unpaired) electrons. The Morgan fingerprint density at radius 3 is 1.79 bits per heavy atom. The number of nitrogens with zero attached hydrogens (tertiary/aromatic N) is 2. The Bertz CT molecular complexity index is 1500. The van der Waals surface area contributed by atoms with E-state index in [4.69, 9.17) is 0 Å². The Labute approximate surface area is 318 Å². The Morgan fingerprint density at radius 2 is 1.23 bits per heavy atom. The molecule has 1 aliphatic heterocycles. The van der Waals surface area contributed by atoms with Crippen molar-refractivity contribution >= 4 is 29.2 Å². The number of rotatable bonds is 22. The molecule has 53 heavy (non-hydrogen) atoms. The highest BCUT2D eigenvalue weighted by Gasteiger charge is 2.48. The van der Waals surface area contributed by atoms with Crippen molar-refractivity contribution in [3.63, 3.8) is 0 Å². The molecule has 1 saturated carbocycles. The largest absolute Gasteiger partial charge is 0.346 e. The van der Waals surface area contributed by atoms with E-state index >= 15 is 0 Å². The predicted octanol–water partition coefficient (Wildman–Crippen LogP) is 5.69. The number of likely N-dealkylation sites (N-methyl/N-ethyl adjacent to an activating group) is 1. The standard InChI is InChI=1S/C44H64N4O5/c1-31(2)25-38(45-42(52)35(18-17-33-13-9-7-10-14-33)28-37(49)30-48-23-21-47(6)22-24-48)40(50)29-36(27-34-15-11-8-12-16-34)43(53)46-39(26-32(3)4)41(51)44(5)19-20-44/h7-16,31-32,35-36,38-39H,17-30H2,1-6H3,(H,45,52)(H,46,53)/t35-,36?,38+,39?/m1/s1. The smallest absolute Gasteiger partial charge is 0.224 e. The van der Waals surface area contributed by atoms with Gasteiger partial charge in [0.2, 0.25) is 11.8 Å². The van der Waals surface area contributed by atoms with Crippen LogP contribution < -0.4 is 10.6 Å². The average Bonchev–Trinajstić information content (AvgIpc) is 3.88. The van der Waals surface area contributed by atoms with Crippen LogP contribution in [0.15, 0.2) is 60.7 Å². The molecule has 2 unspecified atom stereocenters. The van der Waals surface area contributed by atoms with Gasteiger partial charge in [0.1, 0.15) is 5.78 Å². The molecule has 9 nitrogen and oxygen atoms in total. The lowest BCUT2D eigenvalue weighted by Crippen LogP contribution is -2.49. The first-order chi connectivity index (χ1) is 25.2. The molecular formula is C44H64N4O5. The maximum absolute atomic E-state index is 14.3. The van der Waals surface area contributed by atoms with Gasteiger partial charge in [-0.3, -0.25) is 28.9 Å². The first-order valence-electron chi connectivity index (χ1n) is 19.9. The van der Waals surface area contributed by atoms with Gasteiger partial charge >= 0.3 is 0 Å². The summed E-state index contributed by atoms with van der Waals surface area (Å²) in [7, 11) is 2.08. The molecule has 0 bridgehead atoms. The van der Waals surface area contributed by atoms with Crippen LogP contribution in [-0.4, -0.2) is 90.8 Å². The number of carbonyl (C=O) groups excluding carboxylic acids is 5. The highest BCUT2D eigenvalue weighted by Crippen LogP contribution is 2.47. The molecule has 1 heterocycles. The van der Waals surface area contributed by atoms with Crippen LogP contribution in [0.25, 0.3) is 0 Å². The van der Waals surface area contributed by atoms with Crippen LogP contribution >= 0.6 is 0 Å². The van der Waals surface area contributed by atoms with Crippen molar-refractivity contribution in [2.24, 2.45) is 29.1 Å². The van der Waals surface area contributed by atoms with Crippen molar-refractivity contribution in [1.82, 2.24) is 20.4 Å². The zero-order valence-electron chi connectivity index (χ0n) is 33.1. The third-order valence-corrected chi connectivity index (χ3v) is 11.0. The number of piperazine rings is 1. The van der Waals surface area contributed by atoms with Crippen LogP contribution in [-0.2, 0) is 36.8 Å². The number of ketones is 3. The fourth-order valence-corrected chi connectivity index (χ4v) is 7.33. The SMILES string of the molecule is CC(C)CC(NC(=O)C(CC(=O)[C@H](CC(C)C)NC(=O)[C@H](CCc1ccccc1)CC(=O)CN1CCN(C)CC1)Cc1ccccc1)C(=O)C1(C)CC1. The van der Waals surface area contributed by atoms with E-state index in [1.807, 2.05) is 95.3 Å². The quantitative estimate of drug-likeness (QED) is 0.160.